The van der Waals surface area contributed by atoms with E-state index in [1.165, 1.54) is 22.3 Å². The average Bonchev–Trinajstić information content (AvgIpc) is 2.57. The number of hydrogen-bond donors (Lipinski definition) is 2. The standard InChI is InChI=1S/C20H24O2/c21-15-5-11-18-9-4-10-19(20(18)12-6-16-22)14-13-17-7-2-1-3-8-17/h1-4,7-10,13-14,21-22H,5-6,11-12,15-16H2/b14-13+. The topological polar surface area (TPSA) is 40.5 Å². The van der Waals surface area contributed by atoms with E-state index in [2.05, 4.69) is 42.5 Å². The van der Waals surface area contributed by atoms with E-state index < -0.39 is 0 Å². The molecule has 0 amide bonds. The highest BCUT2D eigenvalue weighted by molar-refractivity contribution is 5.71. The van der Waals surface area contributed by atoms with Crippen LogP contribution in [0.4, 0.5) is 0 Å². The fourth-order valence-electron chi connectivity index (χ4n) is 2.63. The van der Waals surface area contributed by atoms with Gasteiger partial charge >= 0.3 is 0 Å². The van der Waals surface area contributed by atoms with Crippen LogP contribution < -0.4 is 0 Å². The highest BCUT2D eigenvalue weighted by atomic mass is 16.3. The van der Waals surface area contributed by atoms with Gasteiger partial charge in [-0.1, -0.05) is 60.7 Å². The Labute approximate surface area is 132 Å². The number of aliphatic hydroxyl groups is 2. The Bertz CT molecular complexity index is 588. The lowest BCUT2D eigenvalue weighted by Gasteiger charge is -2.12. The first-order chi connectivity index (χ1) is 10.8. The van der Waals surface area contributed by atoms with Crippen molar-refractivity contribution < 1.29 is 10.2 Å². The maximum atomic E-state index is 9.14. The first-order valence-corrected chi connectivity index (χ1v) is 7.90. The quantitative estimate of drug-likeness (QED) is 0.729. The van der Waals surface area contributed by atoms with E-state index in [0.29, 0.717) is 0 Å². The summed E-state index contributed by atoms with van der Waals surface area (Å²) in [5, 5.41) is 18.2. The third kappa shape index (κ3) is 4.83. The maximum Gasteiger partial charge on any atom is 0.0434 e. The lowest BCUT2D eigenvalue weighted by atomic mass is 9.93. The van der Waals surface area contributed by atoms with Gasteiger partial charge in [0.1, 0.15) is 0 Å². The fraction of sp³-hybridized carbons (Fsp3) is 0.300. The summed E-state index contributed by atoms with van der Waals surface area (Å²) in [5.74, 6) is 0. The molecule has 2 rings (SSSR count). The van der Waals surface area contributed by atoms with Crippen molar-refractivity contribution in [1.29, 1.82) is 0 Å². The van der Waals surface area contributed by atoms with Crippen LogP contribution in [0.15, 0.2) is 48.5 Å². The van der Waals surface area contributed by atoms with Crippen molar-refractivity contribution in [2.75, 3.05) is 13.2 Å². The van der Waals surface area contributed by atoms with Crippen molar-refractivity contribution >= 4 is 12.2 Å². The Morgan fingerprint density at radius 2 is 1.45 bits per heavy atom. The second-order valence-electron chi connectivity index (χ2n) is 5.38. The molecule has 2 aromatic rings. The first-order valence-electron chi connectivity index (χ1n) is 7.90. The minimum absolute atomic E-state index is 0.205. The summed E-state index contributed by atoms with van der Waals surface area (Å²) in [6, 6.07) is 16.6. The predicted octanol–water partition coefficient (Wildman–Crippen LogP) is 3.71. The minimum Gasteiger partial charge on any atom is -0.396 e. The highest BCUT2D eigenvalue weighted by Gasteiger charge is 2.06. The normalized spacial score (nSPS) is 11.2. The zero-order valence-electron chi connectivity index (χ0n) is 12.9. The lowest BCUT2D eigenvalue weighted by molar-refractivity contribution is 0.286. The van der Waals surface area contributed by atoms with Crippen LogP contribution in [-0.4, -0.2) is 23.4 Å². The highest BCUT2D eigenvalue weighted by Crippen LogP contribution is 2.21. The fourth-order valence-corrected chi connectivity index (χ4v) is 2.63. The third-order valence-corrected chi connectivity index (χ3v) is 3.75. The van der Waals surface area contributed by atoms with Gasteiger partial charge in [-0.2, -0.15) is 0 Å². The minimum atomic E-state index is 0.205. The van der Waals surface area contributed by atoms with E-state index in [1.54, 1.807) is 0 Å². The smallest absolute Gasteiger partial charge is 0.0434 e. The van der Waals surface area contributed by atoms with Crippen molar-refractivity contribution in [1.82, 2.24) is 0 Å². The predicted molar refractivity (Wildman–Crippen MR) is 92.6 cm³/mol. The molecule has 0 bridgehead atoms. The summed E-state index contributed by atoms with van der Waals surface area (Å²) in [7, 11) is 0. The lowest BCUT2D eigenvalue weighted by Crippen LogP contribution is -2.00. The molecule has 0 aromatic heterocycles. The molecule has 0 heterocycles. The average molecular weight is 296 g/mol. The van der Waals surface area contributed by atoms with Crippen molar-refractivity contribution in [3.63, 3.8) is 0 Å². The van der Waals surface area contributed by atoms with Crippen LogP contribution >= 0.6 is 0 Å². The number of rotatable bonds is 8. The van der Waals surface area contributed by atoms with Crippen LogP contribution in [0, 0.1) is 0 Å². The molecular weight excluding hydrogens is 272 g/mol. The molecule has 116 valence electrons. The molecule has 2 nitrogen and oxygen atoms in total. The van der Waals surface area contributed by atoms with E-state index in [0.717, 1.165) is 25.7 Å². The van der Waals surface area contributed by atoms with E-state index >= 15 is 0 Å². The zero-order chi connectivity index (χ0) is 15.6. The van der Waals surface area contributed by atoms with E-state index in [1.807, 2.05) is 18.2 Å². The van der Waals surface area contributed by atoms with Crippen LogP contribution in [0.3, 0.4) is 0 Å². The third-order valence-electron chi connectivity index (χ3n) is 3.75. The Hall–Kier alpha value is -1.90. The largest absolute Gasteiger partial charge is 0.396 e. The first kappa shape index (κ1) is 16.5. The summed E-state index contributed by atoms with van der Waals surface area (Å²) in [6.07, 6.45) is 7.55. The SMILES string of the molecule is OCCCc1cccc(/C=C/c2ccccc2)c1CCCO. The second kappa shape index (κ2) is 9.19. The number of aliphatic hydroxyl groups excluding tert-OH is 2. The van der Waals surface area contributed by atoms with Crippen LogP contribution in [0.25, 0.3) is 12.2 Å². The van der Waals surface area contributed by atoms with E-state index in [4.69, 9.17) is 10.2 Å². The molecule has 22 heavy (non-hydrogen) atoms. The number of aryl methyl sites for hydroxylation is 1. The molecule has 0 fully saturated rings. The molecule has 2 aromatic carbocycles. The van der Waals surface area contributed by atoms with Crippen LogP contribution in [0.1, 0.15) is 35.1 Å². The number of benzene rings is 2. The van der Waals surface area contributed by atoms with Gasteiger partial charge in [0.15, 0.2) is 0 Å². The summed E-state index contributed by atoms with van der Waals surface area (Å²) in [6.45, 7) is 0.416. The van der Waals surface area contributed by atoms with Crippen molar-refractivity contribution in [3.8, 4) is 0 Å². The molecular formula is C20H24O2. The molecule has 2 heteroatoms. The molecule has 0 saturated carbocycles. The molecule has 2 N–H and O–H groups in total. The summed E-state index contributed by atoms with van der Waals surface area (Å²) < 4.78 is 0. The maximum absolute atomic E-state index is 9.14. The van der Waals surface area contributed by atoms with Gasteiger partial charge in [0, 0.05) is 13.2 Å². The van der Waals surface area contributed by atoms with Crippen molar-refractivity contribution in [2.24, 2.45) is 0 Å². The number of hydrogen-bond acceptors (Lipinski definition) is 2. The van der Waals surface area contributed by atoms with Gasteiger partial charge in [-0.05, 0) is 47.9 Å². The Morgan fingerprint density at radius 1 is 0.727 bits per heavy atom. The van der Waals surface area contributed by atoms with Gasteiger partial charge in [-0.15, -0.1) is 0 Å². The zero-order valence-corrected chi connectivity index (χ0v) is 12.9. The molecule has 0 aliphatic rings. The van der Waals surface area contributed by atoms with Crippen LogP contribution in [0.5, 0.6) is 0 Å². The molecule has 0 spiro atoms. The van der Waals surface area contributed by atoms with Crippen molar-refractivity contribution in [3.05, 3.63) is 70.8 Å². The van der Waals surface area contributed by atoms with Crippen molar-refractivity contribution in [2.45, 2.75) is 25.7 Å². The second-order valence-corrected chi connectivity index (χ2v) is 5.38. The molecule has 0 saturated heterocycles. The van der Waals surface area contributed by atoms with E-state index in [9.17, 15) is 0 Å². The molecule has 0 atom stereocenters. The van der Waals surface area contributed by atoms with Gasteiger partial charge in [0.25, 0.3) is 0 Å². The Morgan fingerprint density at radius 3 is 2.18 bits per heavy atom. The summed E-state index contributed by atoms with van der Waals surface area (Å²) in [4.78, 5) is 0. The Balaban J connectivity index is 2.26. The van der Waals surface area contributed by atoms with Gasteiger partial charge in [0.2, 0.25) is 0 Å². The van der Waals surface area contributed by atoms with Crippen LogP contribution in [-0.2, 0) is 12.8 Å². The van der Waals surface area contributed by atoms with Gasteiger partial charge in [-0.25, -0.2) is 0 Å². The molecule has 0 unspecified atom stereocenters. The molecule has 0 aliphatic heterocycles. The van der Waals surface area contributed by atoms with E-state index in [-0.39, 0.29) is 13.2 Å². The summed E-state index contributed by atoms with van der Waals surface area (Å²) >= 11 is 0. The van der Waals surface area contributed by atoms with Gasteiger partial charge in [-0.3, -0.25) is 0 Å². The van der Waals surface area contributed by atoms with Crippen LogP contribution in [0.2, 0.25) is 0 Å². The molecule has 0 radical (unpaired) electrons. The monoisotopic (exact) mass is 296 g/mol. The Kier molecular flexibility index (Phi) is 6.88. The van der Waals surface area contributed by atoms with Gasteiger partial charge in [0.05, 0.1) is 0 Å². The van der Waals surface area contributed by atoms with Gasteiger partial charge < -0.3 is 10.2 Å². The molecule has 0 aliphatic carbocycles. The summed E-state index contributed by atoms with van der Waals surface area (Å²) in [5.41, 5.74) is 4.94.